The first-order chi connectivity index (χ1) is 7.04. The van der Waals surface area contributed by atoms with Gasteiger partial charge < -0.3 is 4.90 Å². The summed E-state index contributed by atoms with van der Waals surface area (Å²) >= 11 is 3.24. The molecule has 1 fully saturated rings. The monoisotopic (exact) mass is 245 g/mol. The average molecular weight is 245 g/mol. The summed E-state index contributed by atoms with van der Waals surface area (Å²) in [5.41, 5.74) is 0.356. The Morgan fingerprint density at radius 1 is 1.20 bits per heavy atom. The maximum Gasteiger partial charge on any atom is 0.258 e. The van der Waals surface area contributed by atoms with Crippen molar-refractivity contribution in [1.82, 2.24) is 4.90 Å². The van der Waals surface area contributed by atoms with E-state index in [9.17, 15) is 9.59 Å². The van der Waals surface area contributed by atoms with E-state index in [0.29, 0.717) is 5.57 Å². The second kappa shape index (κ2) is 5.61. The number of ketones is 1. The van der Waals surface area contributed by atoms with Crippen LogP contribution in [0.2, 0.25) is 0 Å². The van der Waals surface area contributed by atoms with Gasteiger partial charge in [-0.05, 0) is 24.9 Å². The highest BCUT2D eigenvalue weighted by atomic mass is 32.2. The fraction of sp³-hybridized carbons (Fsp3) is 0.600. The Morgan fingerprint density at radius 3 is 2.13 bits per heavy atom. The first-order valence-corrected chi connectivity index (χ1v) is 6.73. The molecular formula is C10H15NO2S2. The van der Waals surface area contributed by atoms with Crippen molar-refractivity contribution in [2.24, 2.45) is 0 Å². The molecule has 0 aromatic carbocycles. The van der Waals surface area contributed by atoms with Gasteiger partial charge in [0.2, 0.25) is 0 Å². The molecule has 0 aromatic heterocycles. The van der Waals surface area contributed by atoms with Crippen LogP contribution in [0.4, 0.5) is 0 Å². The number of thioether (sulfide) groups is 2. The molecule has 5 heteroatoms. The highest BCUT2D eigenvalue weighted by Gasteiger charge is 2.23. The van der Waals surface area contributed by atoms with Crippen LogP contribution < -0.4 is 0 Å². The van der Waals surface area contributed by atoms with Gasteiger partial charge in [-0.1, -0.05) is 0 Å². The molecule has 0 unspecified atom stereocenters. The van der Waals surface area contributed by atoms with E-state index in [1.807, 2.05) is 0 Å². The third-order valence-electron chi connectivity index (χ3n) is 1.93. The van der Waals surface area contributed by atoms with Gasteiger partial charge in [-0.25, -0.2) is 0 Å². The molecule has 1 heterocycles. The van der Waals surface area contributed by atoms with Gasteiger partial charge in [0.15, 0.2) is 5.78 Å². The lowest BCUT2D eigenvalue weighted by Crippen LogP contribution is -2.27. The van der Waals surface area contributed by atoms with E-state index in [1.165, 1.54) is 11.8 Å². The van der Waals surface area contributed by atoms with Gasteiger partial charge in [0.05, 0.1) is 4.24 Å². The summed E-state index contributed by atoms with van der Waals surface area (Å²) in [7, 11) is 3.34. The highest BCUT2D eigenvalue weighted by molar-refractivity contribution is 8.22. The van der Waals surface area contributed by atoms with Gasteiger partial charge in [-0.15, -0.1) is 23.5 Å². The maximum absolute atomic E-state index is 11.8. The van der Waals surface area contributed by atoms with Crippen LogP contribution in [0.1, 0.15) is 13.3 Å². The third-order valence-corrected chi connectivity index (χ3v) is 4.56. The molecule has 0 aliphatic carbocycles. The highest BCUT2D eigenvalue weighted by Crippen LogP contribution is 2.37. The summed E-state index contributed by atoms with van der Waals surface area (Å²) in [6.07, 6.45) is 1.14. The molecule has 0 radical (unpaired) electrons. The van der Waals surface area contributed by atoms with Gasteiger partial charge in [0.1, 0.15) is 5.57 Å². The number of nitrogens with zero attached hydrogens (tertiary/aromatic N) is 1. The number of carbonyl (C=O) groups is 2. The molecule has 0 spiro atoms. The minimum absolute atomic E-state index is 0.134. The van der Waals surface area contributed by atoms with Crippen LogP contribution in [-0.2, 0) is 9.59 Å². The van der Waals surface area contributed by atoms with Crippen LogP contribution in [0.3, 0.4) is 0 Å². The van der Waals surface area contributed by atoms with Crippen LogP contribution in [-0.4, -0.2) is 42.2 Å². The first kappa shape index (κ1) is 12.6. The SMILES string of the molecule is CC(=O)C(C(=O)N(C)C)=C1SCCCS1. The molecule has 1 aliphatic rings. The first-order valence-electron chi connectivity index (χ1n) is 4.76. The number of rotatable bonds is 2. The van der Waals surface area contributed by atoms with Crippen molar-refractivity contribution in [2.45, 2.75) is 13.3 Å². The Labute approximate surface area is 98.7 Å². The standard InChI is InChI=1S/C10H15NO2S2/c1-7(12)8(9(13)11(2)3)10-14-5-4-6-15-10/h4-6H2,1-3H3. The number of hydrogen-bond donors (Lipinski definition) is 0. The largest absolute Gasteiger partial charge is 0.345 e. The Morgan fingerprint density at radius 2 is 1.73 bits per heavy atom. The molecule has 84 valence electrons. The summed E-state index contributed by atoms with van der Waals surface area (Å²) in [5, 5.41) is 0. The predicted octanol–water partition coefficient (Wildman–Crippen LogP) is 1.75. The molecule has 1 rings (SSSR count). The lowest BCUT2D eigenvalue weighted by atomic mass is 10.2. The maximum atomic E-state index is 11.8. The van der Waals surface area contributed by atoms with Crippen LogP contribution in [0.25, 0.3) is 0 Å². The van der Waals surface area contributed by atoms with Gasteiger partial charge in [-0.2, -0.15) is 0 Å². The molecule has 1 aliphatic heterocycles. The van der Waals surface area contributed by atoms with E-state index < -0.39 is 0 Å². The zero-order valence-electron chi connectivity index (χ0n) is 9.20. The Hall–Kier alpha value is -0.420. The Bertz CT molecular complexity index is 303. The summed E-state index contributed by atoms with van der Waals surface area (Å²) in [5.74, 6) is 1.68. The van der Waals surface area contributed by atoms with Crippen LogP contribution >= 0.6 is 23.5 Å². The van der Waals surface area contributed by atoms with Gasteiger partial charge in [0, 0.05) is 14.1 Å². The van der Waals surface area contributed by atoms with Crippen LogP contribution in [0, 0.1) is 0 Å². The molecule has 15 heavy (non-hydrogen) atoms. The quantitative estimate of drug-likeness (QED) is 0.422. The van der Waals surface area contributed by atoms with Gasteiger partial charge >= 0.3 is 0 Å². The van der Waals surface area contributed by atoms with Gasteiger partial charge in [0.25, 0.3) is 5.91 Å². The molecule has 1 saturated heterocycles. The van der Waals surface area contributed by atoms with Crippen molar-refractivity contribution in [3.05, 3.63) is 9.81 Å². The zero-order valence-corrected chi connectivity index (χ0v) is 10.8. The van der Waals surface area contributed by atoms with Crippen molar-refractivity contribution in [1.29, 1.82) is 0 Å². The molecule has 0 atom stereocenters. The number of likely N-dealkylation sites (N-methyl/N-ethyl adjacent to an activating group) is 1. The minimum Gasteiger partial charge on any atom is -0.345 e. The lowest BCUT2D eigenvalue weighted by molar-refractivity contribution is -0.127. The van der Waals surface area contributed by atoms with E-state index in [0.717, 1.165) is 22.2 Å². The molecule has 0 aromatic rings. The molecule has 0 bridgehead atoms. The smallest absolute Gasteiger partial charge is 0.258 e. The zero-order chi connectivity index (χ0) is 11.4. The van der Waals surface area contributed by atoms with E-state index in [-0.39, 0.29) is 11.7 Å². The second-order valence-corrected chi connectivity index (χ2v) is 5.94. The fourth-order valence-corrected chi connectivity index (χ4v) is 3.89. The van der Waals surface area contributed by atoms with Crippen LogP contribution in [0.15, 0.2) is 9.81 Å². The minimum atomic E-state index is -0.181. The van der Waals surface area contributed by atoms with Crippen molar-refractivity contribution in [2.75, 3.05) is 25.6 Å². The second-order valence-electron chi connectivity index (χ2n) is 3.47. The molecular weight excluding hydrogens is 230 g/mol. The summed E-state index contributed by atoms with van der Waals surface area (Å²) in [6.45, 7) is 1.46. The van der Waals surface area contributed by atoms with E-state index in [4.69, 9.17) is 0 Å². The number of Topliss-reactive ketones (excluding diaryl/α,β-unsaturated/α-hetero) is 1. The summed E-state index contributed by atoms with van der Waals surface area (Å²) in [4.78, 5) is 24.7. The van der Waals surface area contributed by atoms with E-state index in [1.54, 1.807) is 37.6 Å². The van der Waals surface area contributed by atoms with Gasteiger partial charge in [-0.3, -0.25) is 9.59 Å². The van der Waals surface area contributed by atoms with E-state index >= 15 is 0 Å². The van der Waals surface area contributed by atoms with Crippen molar-refractivity contribution in [3.63, 3.8) is 0 Å². The molecule has 1 amide bonds. The molecule has 0 N–H and O–H groups in total. The topological polar surface area (TPSA) is 37.4 Å². The predicted molar refractivity (Wildman–Crippen MR) is 65.9 cm³/mol. The molecule has 3 nitrogen and oxygen atoms in total. The molecule has 0 saturated carbocycles. The number of hydrogen-bond acceptors (Lipinski definition) is 4. The fourth-order valence-electron chi connectivity index (χ4n) is 1.18. The summed E-state index contributed by atoms with van der Waals surface area (Å²) < 4.78 is 0.896. The van der Waals surface area contributed by atoms with Crippen molar-refractivity contribution in [3.8, 4) is 0 Å². The number of carbonyl (C=O) groups excluding carboxylic acids is 2. The van der Waals surface area contributed by atoms with E-state index in [2.05, 4.69) is 0 Å². The normalized spacial score (nSPS) is 16.1. The summed E-state index contributed by atoms with van der Waals surface area (Å²) in [6, 6.07) is 0. The number of amides is 1. The van der Waals surface area contributed by atoms with Crippen molar-refractivity contribution >= 4 is 35.2 Å². The average Bonchev–Trinajstić information content (AvgIpc) is 2.18. The van der Waals surface area contributed by atoms with Crippen LogP contribution in [0.5, 0.6) is 0 Å². The Balaban J connectivity index is 2.99. The van der Waals surface area contributed by atoms with Crippen molar-refractivity contribution < 1.29 is 9.59 Å². The third kappa shape index (κ3) is 3.28. The Kier molecular flexibility index (Phi) is 4.73. The lowest BCUT2D eigenvalue weighted by Gasteiger charge is -2.18.